The van der Waals surface area contributed by atoms with Crippen LogP contribution in [0.1, 0.15) is 38.2 Å². The van der Waals surface area contributed by atoms with E-state index in [0.29, 0.717) is 12.5 Å². The summed E-state index contributed by atoms with van der Waals surface area (Å²) in [4.78, 5) is 28.4. The van der Waals surface area contributed by atoms with Gasteiger partial charge in [-0.15, -0.1) is 0 Å². The smallest absolute Gasteiger partial charge is 0.322 e. The average molecular weight is 315 g/mol. The molecule has 2 aliphatic rings. The Morgan fingerprint density at radius 3 is 2.87 bits per heavy atom. The Balaban J connectivity index is 1.73. The first-order valence-corrected chi connectivity index (χ1v) is 8.40. The lowest BCUT2D eigenvalue weighted by Crippen LogP contribution is -2.50. The van der Waals surface area contributed by atoms with Gasteiger partial charge in [0, 0.05) is 25.8 Å². The zero-order valence-corrected chi connectivity index (χ0v) is 14.1. The van der Waals surface area contributed by atoms with Crippen LogP contribution in [-0.2, 0) is 4.79 Å². The molecule has 0 saturated carbocycles. The maximum absolute atomic E-state index is 12.7. The molecule has 1 N–H and O–H groups in total. The number of nitrogens with one attached hydrogen (secondary N) is 1. The molecule has 2 heterocycles. The largest absolute Gasteiger partial charge is 0.343 e. The van der Waals surface area contributed by atoms with Crippen molar-refractivity contribution in [1.29, 1.82) is 0 Å². The zero-order chi connectivity index (χ0) is 16.6. The fourth-order valence-electron chi connectivity index (χ4n) is 3.65. The van der Waals surface area contributed by atoms with E-state index < -0.39 is 0 Å². The van der Waals surface area contributed by atoms with Crippen LogP contribution >= 0.6 is 0 Å². The van der Waals surface area contributed by atoms with E-state index in [-0.39, 0.29) is 23.9 Å². The van der Waals surface area contributed by atoms with E-state index in [1.807, 2.05) is 30.1 Å². The number of fused-ring (bicyclic) bond motifs is 1. The van der Waals surface area contributed by atoms with Crippen molar-refractivity contribution in [2.45, 2.75) is 38.6 Å². The number of likely N-dealkylation sites (N-methyl/N-ethyl adjacent to an activating group) is 1. The predicted octanol–water partition coefficient (Wildman–Crippen LogP) is 2.89. The van der Waals surface area contributed by atoms with E-state index in [4.69, 9.17) is 0 Å². The summed E-state index contributed by atoms with van der Waals surface area (Å²) in [5.74, 6) is 0.572. The number of piperidine rings is 1. The number of urea groups is 1. The maximum Gasteiger partial charge on any atom is 0.322 e. The van der Waals surface area contributed by atoms with E-state index in [1.165, 1.54) is 5.56 Å². The molecule has 2 aliphatic heterocycles. The molecule has 3 amide bonds. The number of nitrogens with zero attached hydrogens (tertiary/aromatic N) is 2. The maximum atomic E-state index is 12.7. The van der Waals surface area contributed by atoms with Crippen molar-refractivity contribution in [2.75, 3.05) is 25.5 Å². The topological polar surface area (TPSA) is 52.7 Å². The summed E-state index contributed by atoms with van der Waals surface area (Å²) in [5, 5.41) is 3.01. The van der Waals surface area contributed by atoms with Gasteiger partial charge in [-0.1, -0.05) is 26.0 Å². The van der Waals surface area contributed by atoms with Crippen molar-refractivity contribution >= 4 is 17.6 Å². The van der Waals surface area contributed by atoms with Crippen molar-refractivity contribution in [1.82, 2.24) is 9.80 Å². The molecule has 5 nitrogen and oxygen atoms in total. The number of hydrogen-bond acceptors (Lipinski definition) is 2. The summed E-state index contributed by atoms with van der Waals surface area (Å²) in [6, 6.07) is 7.89. The number of rotatable bonds is 2. The summed E-state index contributed by atoms with van der Waals surface area (Å²) in [6.45, 7) is 5.63. The second-order valence-corrected chi connectivity index (χ2v) is 6.94. The fourth-order valence-corrected chi connectivity index (χ4v) is 3.65. The minimum atomic E-state index is -0.0938. The summed E-state index contributed by atoms with van der Waals surface area (Å²) >= 11 is 0. The first-order chi connectivity index (χ1) is 11.0. The summed E-state index contributed by atoms with van der Waals surface area (Å²) in [6.07, 6.45) is 1.78. The van der Waals surface area contributed by atoms with Crippen molar-refractivity contribution in [3.63, 3.8) is 0 Å². The third-order valence-corrected chi connectivity index (χ3v) is 5.00. The van der Waals surface area contributed by atoms with Crippen LogP contribution in [-0.4, -0.2) is 47.9 Å². The van der Waals surface area contributed by atoms with Gasteiger partial charge >= 0.3 is 6.03 Å². The molecule has 1 aromatic carbocycles. The summed E-state index contributed by atoms with van der Waals surface area (Å²) in [5.41, 5.74) is 2.02. The molecule has 2 atom stereocenters. The van der Waals surface area contributed by atoms with Gasteiger partial charge in [0.15, 0.2) is 0 Å². The Labute approximate surface area is 137 Å². The molecule has 0 unspecified atom stereocenters. The number of benzene rings is 1. The molecule has 2 fully saturated rings. The number of likely N-dealkylation sites (tertiary alicyclic amines) is 2. The van der Waals surface area contributed by atoms with E-state index in [9.17, 15) is 9.59 Å². The Kier molecular flexibility index (Phi) is 4.28. The number of carbonyl (C=O) groups excluding carboxylic acids is 2. The SMILES string of the molecule is CC(C)c1cccc(NC(=O)N2CCC[C@H]3C(=O)N(C)C[C@H]32)c1. The fraction of sp³-hybridized carbons (Fsp3) is 0.556. The van der Waals surface area contributed by atoms with Crippen molar-refractivity contribution in [3.05, 3.63) is 29.8 Å². The number of carbonyl (C=O) groups is 2. The van der Waals surface area contributed by atoms with Crippen LogP contribution in [0.2, 0.25) is 0 Å². The molecule has 124 valence electrons. The quantitative estimate of drug-likeness (QED) is 0.912. The van der Waals surface area contributed by atoms with Gasteiger partial charge in [-0.05, 0) is 36.5 Å². The summed E-state index contributed by atoms with van der Waals surface area (Å²) in [7, 11) is 1.82. The number of amides is 3. The molecule has 0 bridgehead atoms. The average Bonchev–Trinajstić information content (AvgIpc) is 2.82. The molecule has 1 aromatic rings. The van der Waals surface area contributed by atoms with Crippen LogP contribution in [0.5, 0.6) is 0 Å². The van der Waals surface area contributed by atoms with Gasteiger partial charge in [0.1, 0.15) is 0 Å². The van der Waals surface area contributed by atoms with E-state index in [1.54, 1.807) is 4.90 Å². The third kappa shape index (κ3) is 3.05. The highest BCUT2D eigenvalue weighted by atomic mass is 16.2. The molecular weight excluding hydrogens is 290 g/mol. The first kappa shape index (κ1) is 15.8. The molecule has 2 saturated heterocycles. The summed E-state index contributed by atoms with van der Waals surface area (Å²) < 4.78 is 0. The normalized spacial score (nSPS) is 24.1. The van der Waals surface area contributed by atoms with Crippen molar-refractivity contribution < 1.29 is 9.59 Å². The van der Waals surface area contributed by atoms with Crippen LogP contribution in [0.15, 0.2) is 24.3 Å². The lowest BCUT2D eigenvalue weighted by atomic mass is 9.92. The van der Waals surface area contributed by atoms with E-state index in [0.717, 1.165) is 25.1 Å². The van der Waals surface area contributed by atoms with Gasteiger partial charge in [-0.25, -0.2) is 4.79 Å². The molecule has 0 spiro atoms. The van der Waals surface area contributed by atoms with Crippen LogP contribution in [0, 0.1) is 5.92 Å². The lowest BCUT2D eigenvalue weighted by molar-refractivity contribution is -0.130. The third-order valence-electron chi connectivity index (χ3n) is 5.00. The Morgan fingerprint density at radius 2 is 2.13 bits per heavy atom. The molecule has 3 rings (SSSR count). The van der Waals surface area contributed by atoms with Crippen LogP contribution in [0.25, 0.3) is 0 Å². The monoisotopic (exact) mass is 315 g/mol. The molecule has 5 heteroatoms. The van der Waals surface area contributed by atoms with Crippen molar-refractivity contribution in [2.24, 2.45) is 5.92 Å². The second kappa shape index (κ2) is 6.22. The highest BCUT2D eigenvalue weighted by Gasteiger charge is 2.45. The molecule has 0 radical (unpaired) electrons. The standard InChI is InChI=1S/C18H25N3O2/c1-12(2)13-6-4-7-14(10-13)19-18(23)21-9-5-8-15-16(21)11-20(3)17(15)22/h4,6-7,10,12,15-16H,5,8-9,11H2,1-3H3,(H,19,23)/t15-,16-/m1/s1. The molecule has 23 heavy (non-hydrogen) atoms. The number of hydrogen-bond donors (Lipinski definition) is 1. The lowest BCUT2D eigenvalue weighted by Gasteiger charge is -2.35. The van der Waals surface area contributed by atoms with Gasteiger partial charge in [0.2, 0.25) is 5.91 Å². The minimum Gasteiger partial charge on any atom is -0.343 e. The first-order valence-electron chi connectivity index (χ1n) is 8.40. The van der Waals surface area contributed by atoms with E-state index >= 15 is 0 Å². The second-order valence-electron chi connectivity index (χ2n) is 6.94. The van der Waals surface area contributed by atoms with Crippen LogP contribution in [0.4, 0.5) is 10.5 Å². The number of anilines is 1. The Bertz CT molecular complexity index is 614. The van der Waals surface area contributed by atoms with Crippen LogP contribution < -0.4 is 5.32 Å². The van der Waals surface area contributed by atoms with Gasteiger partial charge in [0.05, 0.1) is 12.0 Å². The highest BCUT2D eigenvalue weighted by Crippen LogP contribution is 2.31. The van der Waals surface area contributed by atoms with Gasteiger partial charge in [-0.3, -0.25) is 4.79 Å². The zero-order valence-electron chi connectivity index (χ0n) is 14.1. The minimum absolute atomic E-state index is 0.00883. The predicted molar refractivity (Wildman–Crippen MR) is 90.4 cm³/mol. The van der Waals surface area contributed by atoms with Gasteiger partial charge in [0.25, 0.3) is 0 Å². The molecular formula is C18H25N3O2. The van der Waals surface area contributed by atoms with E-state index in [2.05, 4.69) is 25.2 Å². The Hall–Kier alpha value is -2.04. The Morgan fingerprint density at radius 1 is 1.35 bits per heavy atom. The highest BCUT2D eigenvalue weighted by molar-refractivity contribution is 5.91. The van der Waals surface area contributed by atoms with Crippen LogP contribution in [0.3, 0.4) is 0 Å². The van der Waals surface area contributed by atoms with Crippen molar-refractivity contribution in [3.8, 4) is 0 Å². The molecule has 0 aliphatic carbocycles. The van der Waals surface area contributed by atoms with Gasteiger partial charge in [-0.2, -0.15) is 0 Å². The molecule has 0 aromatic heterocycles. The van der Waals surface area contributed by atoms with Gasteiger partial charge < -0.3 is 15.1 Å².